The number of aryl methyl sites for hydroxylation is 1. The van der Waals surface area contributed by atoms with Crippen molar-refractivity contribution in [2.75, 3.05) is 13.1 Å². The van der Waals surface area contributed by atoms with Gasteiger partial charge in [0, 0.05) is 26.2 Å². The summed E-state index contributed by atoms with van der Waals surface area (Å²) in [7, 11) is 1.94. The summed E-state index contributed by atoms with van der Waals surface area (Å²) in [6, 6.07) is 11.3. The Hall–Kier alpha value is -1.72. The Bertz CT molecular complexity index is 543. The molecule has 21 heavy (non-hydrogen) atoms. The summed E-state index contributed by atoms with van der Waals surface area (Å²) in [6.45, 7) is 4.25. The number of aromatic nitrogens is 3. The van der Waals surface area contributed by atoms with Gasteiger partial charge in [-0.1, -0.05) is 35.5 Å². The molecule has 1 aromatic carbocycles. The lowest BCUT2D eigenvalue weighted by Crippen LogP contribution is -2.42. The summed E-state index contributed by atoms with van der Waals surface area (Å²) in [6.07, 6.45) is 4.24. The van der Waals surface area contributed by atoms with Crippen molar-refractivity contribution >= 4 is 0 Å². The topological polar surface area (TPSA) is 46.0 Å². The lowest BCUT2D eigenvalue weighted by atomic mass is 10.0. The van der Waals surface area contributed by atoms with E-state index in [2.05, 4.69) is 50.9 Å². The number of piperidine rings is 1. The van der Waals surface area contributed by atoms with Gasteiger partial charge in [-0.25, -0.2) is 0 Å². The van der Waals surface area contributed by atoms with Gasteiger partial charge >= 0.3 is 0 Å². The van der Waals surface area contributed by atoms with Crippen LogP contribution in [-0.4, -0.2) is 39.0 Å². The van der Waals surface area contributed by atoms with Crippen molar-refractivity contribution in [1.82, 2.24) is 25.2 Å². The molecule has 2 heterocycles. The van der Waals surface area contributed by atoms with Crippen LogP contribution in [0.15, 0.2) is 36.5 Å². The zero-order valence-electron chi connectivity index (χ0n) is 12.6. The Morgan fingerprint density at radius 2 is 1.95 bits per heavy atom. The molecule has 5 heteroatoms. The number of nitrogens with zero attached hydrogens (tertiary/aromatic N) is 4. The van der Waals surface area contributed by atoms with Crippen molar-refractivity contribution < 1.29 is 0 Å². The number of benzene rings is 1. The van der Waals surface area contributed by atoms with E-state index in [-0.39, 0.29) is 0 Å². The minimum Gasteiger partial charge on any atom is -0.308 e. The van der Waals surface area contributed by atoms with Crippen molar-refractivity contribution in [2.45, 2.75) is 32.0 Å². The highest BCUT2D eigenvalue weighted by Crippen LogP contribution is 2.14. The number of rotatable bonds is 5. The number of hydrogen-bond donors (Lipinski definition) is 1. The van der Waals surface area contributed by atoms with Crippen molar-refractivity contribution in [2.24, 2.45) is 7.05 Å². The highest BCUT2D eigenvalue weighted by Gasteiger charge is 2.19. The van der Waals surface area contributed by atoms with Crippen LogP contribution in [0, 0.1) is 0 Å². The predicted octanol–water partition coefficient (Wildman–Crippen LogP) is 1.57. The quantitative estimate of drug-likeness (QED) is 0.906. The molecule has 0 atom stereocenters. The van der Waals surface area contributed by atoms with E-state index in [4.69, 9.17) is 0 Å². The van der Waals surface area contributed by atoms with E-state index in [0.29, 0.717) is 6.04 Å². The van der Waals surface area contributed by atoms with E-state index in [0.717, 1.165) is 31.9 Å². The molecule has 1 fully saturated rings. The molecule has 1 aromatic heterocycles. The molecule has 0 aliphatic carbocycles. The molecule has 0 saturated carbocycles. The van der Waals surface area contributed by atoms with Crippen molar-refractivity contribution in [1.29, 1.82) is 0 Å². The third-order valence-electron chi connectivity index (χ3n) is 4.22. The summed E-state index contributed by atoms with van der Waals surface area (Å²) in [5, 5.41) is 11.5. The van der Waals surface area contributed by atoms with E-state index in [9.17, 15) is 0 Å². The summed E-state index contributed by atoms with van der Waals surface area (Å²) in [4.78, 5) is 2.54. The summed E-state index contributed by atoms with van der Waals surface area (Å²) >= 11 is 0. The number of hydrogen-bond acceptors (Lipinski definition) is 4. The summed E-state index contributed by atoms with van der Waals surface area (Å²) in [5.41, 5.74) is 2.55. The molecule has 1 aliphatic heterocycles. The Labute approximate surface area is 126 Å². The predicted molar refractivity (Wildman–Crippen MR) is 82.6 cm³/mol. The fourth-order valence-corrected chi connectivity index (χ4v) is 2.86. The van der Waals surface area contributed by atoms with Crippen LogP contribution < -0.4 is 5.32 Å². The number of nitrogens with one attached hydrogen (secondary N) is 1. The average Bonchev–Trinajstić information content (AvgIpc) is 2.93. The van der Waals surface area contributed by atoms with Gasteiger partial charge in [-0.2, -0.15) is 0 Å². The molecular formula is C16H23N5. The number of likely N-dealkylation sites (tertiary alicyclic amines) is 1. The molecule has 0 spiro atoms. The SMILES string of the molecule is Cn1nncc1CNC1CCN(Cc2ccccc2)CC1. The molecule has 1 N–H and O–H groups in total. The monoisotopic (exact) mass is 285 g/mol. The van der Waals surface area contributed by atoms with E-state index in [1.54, 1.807) is 0 Å². The van der Waals surface area contributed by atoms with Crippen molar-refractivity contribution in [3.63, 3.8) is 0 Å². The summed E-state index contributed by atoms with van der Waals surface area (Å²) < 4.78 is 1.83. The highest BCUT2D eigenvalue weighted by molar-refractivity contribution is 5.14. The van der Waals surface area contributed by atoms with Gasteiger partial charge in [0.1, 0.15) is 0 Å². The second-order valence-electron chi connectivity index (χ2n) is 5.77. The fraction of sp³-hybridized carbons (Fsp3) is 0.500. The van der Waals surface area contributed by atoms with Gasteiger partial charge in [0.2, 0.25) is 0 Å². The van der Waals surface area contributed by atoms with Crippen LogP contribution in [0.2, 0.25) is 0 Å². The Morgan fingerprint density at radius 1 is 1.19 bits per heavy atom. The van der Waals surface area contributed by atoms with Gasteiger partial charge in [0.25, 0.3) is 0 Å². The van der Waals surface area contributed by atoms with Gasteiger partial charge in [0.05, 0.1) is 11.9 Å². The first-order valence-corrected chi connectivity index (χ1v) is 7.64. The minimum absolute atomic E-state index is 0.604. The maximum Gasteiger partial charge on any atom is 0.0738 e. The first kappa shape index (κ1) is 14.2. The van der Waals surface area contributed by atoms with Crippen LogP contribution in [0.1, 0.15) is 24.1 Å². The van der Waals surface area contributed by atoms with Crippen LogP contribution in [0.4, 0.5) is 0 Å². The largest absolute Gasteiger partial charge is 0.308 e. The summed E-state index contributed by atoms with van der Waals surface area (Å²) in [5.74, 6) is 0. The molecule has 5 nitrogen and oxygen atoms in total. The maximum absolute atomic E-state index is 3.96. The fourth-order valence-electron chi connectivity index (χ4n) is 2.86. The molecule has 1 saturated heterocycles. The van der Waals surface area contributed by atoms with Crippen LogP contribution in [0.5, 0.6) is 0 Å². The first-order chi connectivity index (χ1) is 10.3. The third-order valence-corrected chi connectivity index (χ3v) is 4.22. The third kappa shape index (κ3) is 3.89. The molecular weight excluding hydrogens is 262 g/mol. The van der Waals surface area contributed by atoms with Crippen molar-refractivity contribution in [3.8, 4) is 0 Å². The van der Waals surface area contributed by atoms with Crippen LogP contribution in [0.3, 0.4) is 0 Å². The molecule has 3 rings (SSSR count). The standard InChI is InChI=1S/C16H23N5/c1-20-16(12-18-19-20)11-17-15-7-9-21(10-8-15)13-14-5-3-2-4-6-14/h2-6,12,15,17H,7-11,13H2,1H3. The molecule has 0 radical (unpaired) electrons. The average molecular weight is 285 g/mol. The van der Waals surface area contributed by atoms with E-state index in [1.165, 1.54) is 18.4 Å². The normalized spacial score (nSPS) is 17.2. The van der Waals surface area contributed by atoms with Crippen LogP contribution in [0.25, 0.3) is 0 Å². The molecule has 0 unspecified atom stereocenters. The van der Waals surface area contributed by atoms with Gasteiger partial charge in [-0.15, -0.1) is 5.10 Å². The minimum atomic E-state index is 0.604. The van der Waals surface area contributed by atoms with Gasteiger partial charge in [0.15, 0.2) is 0 Å². The van der Waals surface area contributed by atoms with Crippen LogP contribution >= 0.6 is 0 Å². The molecule has 0 amide bonds. The Balaban J connectivity index is 1.42. The molecule has 1 aliphatic rings. The van der Waals surface area contributed by atoms with Crippen molar-refractivity contribution in [3.05, 3.63) is 47.8 Å². The van der Waals surface area contributed by atoms with E-state index >= 15 is 0 Å². The van der Waals surface area contributed by atoms with Gasteiger partial charge in [-0.05, 0) is 31.5 Å². The lowest BCUT2D eigenvalue weighted by molar-refractivity contribution is 0.189. The van der Waals surface area contributed by atoms with Gasteiger partial charge in [-0.3, -0.25) is 9.58 Å². The molecule has 0 bridgehead atoms. The van der Waals surface area contributed by atoms with E-state index in [1.807, 2.05) is 17.9 Å². The first-order valence-electron chi connectivity index (χ1n) is 7.64. The van der Waals surface area contributed by atoms with Gasteiger partial charge < -0.3 is 5.32 Å². The smallest absolute Gasteiger partial charge is 0.0738 e. The zero-order chi connectivity index (χ0) is 14.5. The highest BCUT2D eigenvalue weighted by atomic mass is 15.4. The zero-order valence-corrected chi connectivity index (χ0v) is 12.6. The second kappa shape index (κ2) is 6.83. The van der Waals surface area contributed by atoms with E-state index < -0.39 is 0 Å². The second-order valence-corrected chi connectivity index (χ2v) is 5.77. The molecule has 2 aromatic rings. The maximum atomic E-state index is 3.96. The Morgan fingerprint density at radius 3 is 2.62 bits per heavy atom. The van der Waals surface area contributed by atoms with Crippen LogP contribution in [-0.2, 0) is 20.1 Å². The Kier molecular flexibility index (Phi) is 4.62. The lowest BCUT2D eigenvalue weighted by Gasteiger charge is -2.32. The molecule has 112 valence electrons.